The Morgan fingerprint density at radius 1 is 1.42 bits per heavy atom. The molecule has 1 saturated carbocycles. The molecule has 1 amide bonds. The van der Waals surface area contributed by atoms with E-state index in [1.807, 2.05) is 40.9 Å². The number of aryl methyl sites for hydroxylation is 1. The van der Waals surface area contributed by atoms with Gasteiger partial charge in [0.1, 0.15) is 11.4 Å². The van der Waals surface area contributed by atoms with Crippen molar-refractivity contribution in [3.63, 3.8) is 0 Å². The molecule has 2 fully saturated rings. The zero-order valence-corrected chi connectivity index (χ0v) is 14.0. The fourth-order valence-corrected chi connectivity index (χ4v) is 4.39. The monoisotopic (exact) mass is 328 g/mol. The first-order chi connectivity index (χ1) is 11.6. The first-order valence-electron chi connectivity index (χ1n) is 8.73. The summed E-state index contributed by atoms with van der Waals surface area (Å²) >= 11 is 0. The topological polar surface area (TPSA) is 74.2 Å². The number of nitrogens with one attached hydrogen (secondary N) is 1. The Morgan fingerprint density at radius 3 is 2.96 bits per heavy atom. The zero-order valence-electron chi connectivity index (χ0n) is 14.0. The molecule has 2 aromatic heterocycles. The van der Waals surface area contributed by atoms with E-state index in [0.29, 0.717) is 12.2 Å². The molecular weight excluding hydrogens is 304 g/mol. The number of nitrogens with zero attached hydrogens (tertiary/aromatic N) is 3. The third-order valence-electron chi connectivity index (χ3n) is 5.77. The van der Waals surface area contributed by atoms with Gasteiger partial charge in [-0.1, -0.05) is 6.42 Å². The lowest BCUT2D eigenvalue weighted by molar-refractivity contribution is -0.00555. The number of likely N-dealkylation sites (tertiary alicyclic amines) is 1. The highest BCUT2D eigenvalue weighted by Crippen LogP contribution is 2.45. The van der Waals surface area contributed by atoms with Crippen molar-refractivity contribution in [2.45, 2.75) is 38.2 Å². The zero-order chi connectivity index (χ0) is 16.7. The predicted octanol–water partition coefficient (Wildman–Crippen LogP) is 2.18. The van der Waals surface area contributed by atoms with Gasteiger partial charge in [0, 0.05) is 31.7 Å². The van der Waals surface area contributed by atoms with Gasteiger partial charge in [0.2, 0.25) is 0 Å². The Hall–Kier alpha value is -2.08. The molecule has 1 aliphatic carbocycles. The summed E-state index contributed by atoms with van der Waals surface area (Å²) in [6.45, 7) is 1.41. The summed E-state index contributed by atoms with van der Waals surface area (Å²) < 4.78 is 1.98. The summed E-state index contributed by atoms with van der Waals surface area (Å²) in [7, 11) is 1.96. The van der Waals surface area contributed by atoms with Crippen LogP contribution in [0.4, 0.5) is 0 Å². The quantitative estimate of drug-likeness (QED) is 0.887. The van der Waals surface area contributed by atoms with Crippen molar-refractivity contribution in [1.82, 2.24) is 19.7 Å². The van der Waals surface area contributed by atoms with Gasteiger partial charge in [-0.15, -0.1) is 0 Å². The second kappa shape index (κ2) is 5.77. The molecule has 2 N–H and O–H groups in total. The lowest BCUT2D eigenvalue weighted by Gasteiger charge is -2.42. The van der Waals surface area contributed by atoms with E-state index in [1.54, 1.807) is 0 Å². The van der Waals surface area contributed by atoms with Gasteiger partial charge in [-0.2, -0.15) is 5.10 Å². The first-order valence-corrected chi connectivity index (χ1v) is 8.73. The van der Waals surface area contributed by atoms with Crippen LogP contribution in [0.1, 0.15) is 42.6 Å². The van der Waals surface area contributed by atoms with E-state index >= 15 is 0 Å². The standard InChI is InChI=1S/C18H24N4O2/c1-21-9-3-5-15(21)13-11-14(20-19-13)17(24)22-10-4-8-18(12-22)7-2-6-16(18)23/h3,5,9,11,16,23H,2,4,6-8,10,12H2,1H3,(H,19,20)/t16-,18-/m1/s1. The van der Waals surface area contributed by atoms with Crippen LogP contribution in [0.15, 0.2) is 24.4 Å². The molecule has 0 bridgehead atoms. The Balaban J connectivity index is 1.54. The fourth-order valence-electron chi connectivity index (χ4n) is 4.39. The number of carbonyl (C=O) groups is 1. The van der Waals surface area contributed by atoms with Gasteiger partial charge < -0.3 is 14.6 Å². The minimum atomic E-state index is -0.270. The van der Waals surface area contributed by atoms with Crippen LogP contribution in [0.5, 0.6) is 0 Å². The van der Waals surface area contributed by atoms with Crippen LogP contribution in [-0.4, -0.2) is 49.9 Å². The van der Waals surface area contributed by atoms with Crippen LogP contribution in [-0.2, 0) is 7.05 Å². The molecule has 3 heterocycles. The molecule has 2 aliphatic rings. The molecule has 4 rings (SSSR count). The van der Waals surface area contributed by atoms with Crippen molar-refractivity contribution >= 4 is 5.91 Å². The Morgan fingerprint density at radius 2 is 2.25 bits per heavy atom. The maximum Gasteiger partial charge on any atom is 0.271 e. The molecule has 1 saturated heterocycles. The van der Waals surface area contributed by atoms with Gasteiger partial charge in [0.25, 0.3) is 5.91 Å². The van der Waals surface area contributed by atoms with E-state index < -0.39 is 0 Å². The molecule has 1 aliphatic heterocycles. The number of H-pyrrole nitrogens is 1. The molecule has 6 nitrogen and oxygen atoms in total. The number of rotatable bonds is 2. The number of aliphatic hydroxyl groups excluding tert-OH is 1. The Labute approximate surface area is 141 Å². The molecule has 24 heavy (non-hydrogen) atoms. The summed E-state index contributed by atoms with van der Waals surface area (Å²) in [4.78, 5) is 14.8. The number of carbonyl (C=O) groups excluding carboxylic acids is 1. The molecule has 6 heteroatoms. The molecule has 128 valence electrons. The molecule has 2 atom stereocenters. The largest absolute Gasteiger partial charge is 0.392 e. The van der Waals surface area contributed by atoms with E-state index in [2.05, 4.69) is 10.2 Å². The van der Waals surface area contributed by atoms with Gasteiger partial charge in [-0.3, -0.25) is 9.89 Å². The van der Waals surface area contributed by atoms with Crippen molar-refractivity contribution in [2.75, 3.05) is 13.1 Å². The van der Waals surface area contributed by atoms with Crippen molar-refractivity contribution < 1.29 is 9.90 Å². The van der Waals surface area contributed by atoms with E-state index in [-0.39, 0.29) is 17.4 Å². The number of aromatic nitrogens is 3. The maximum atomic E-state index is 12.9. The average molecular weight is 328 g/mol. The maximum absolute atomic E-state index is 12.9. The molecule has 0 unspecified atom stereocenters. The van der Waals surface area contributed by atoms with Gasteiger partial charge in [-0.05, 0) is 43.9 Å². The second-order valence-electron chi connectivity index (χ2n) is 7.27. The molecule has 0 radical (unpaired) electrons. The minimum Gasteiger partial charge on any atom is -0.392 e. The summed E-state index contributed by atoms with van der Waals surface area (Å²) in [5.41, 5.74) is 2.19. The number of aromatic amines is 1. The van der Waals surface area contributed by atoms with E-state index in [0.717, 1.165) is 50.0 Å². The smallest absolute Gasteiger partial charge is 0.271 e. The minimum absolute atomic E-state index is 0.0128. The van der Waals surface area contributed by atoms with E-state index in [1.165, 1.54) is 0 Å². The average Bonchev–Trinajstić information content (AvgIpc) is 3.29. The predicted molar refractivity (Wildman–Crippen MR) is 90.4 cm³/mol. The summed E-state index contributed by atoms with van der Waals surface area (Å²) in [5.74, 6) is -0.0128. The van der Waals surface area contributed by atoms with Crippen molar-refractivity contribution in [1.29, 1.82) is 0 Å². The molecule has 0 aromatic carbocycles. The highest BCUT2D eigenvalue weighted by molar-refractivity contribution is 5.93. The normalized spacial score (nSPS) is 27.1. The molecule has 2 aromatic rings. The van der Waals surface area contributed by atoms with E-state index in [9.17, 15) is 9.90 Å². The highest BCUT2D eigenvalue weighted by Gasteiger charge is 2.45. The van der Waals surface area contributed by atoms with Gasteiger partial charge >= 0.3 is 0 Å². The van der Waals surface area contributed by atoms with Crippen LogP contribution in [0.2, 0.25) is 0 Å². The molecule has 1 spiro atoms. The van der Waals surface area contributed by atoms with E-state index in [4.69, 9.17) is 0 Å². The first kappa shape index (κ1) is 15.4. The summed E-state index contributed by atoms with van der Waals surface area (Å²) in [6, 6.07) is 5.76. The van der Waals surface area contributed by atoms with Crippen LogP contribution in [0.25, 0.3) is 11.4 Å². The number of amides is 1. The Kier molecular flexibility index (Phi) is 3.72. The number of aliphatic hydroxyl groups is 1. The Bertz CT molecular complexity index is 750. The fraction of sp³-hybridized carbons (Fsp3) is 0.556. The lowest BCUT2D eigenvalue weighted by atomic mass is 9.76. The number of piperidine rings is 1. The van der Waals surface area contributed by atoms with Crippen LogP contribution in [0.3, 0.4) is 0 Å². The SMILES string of the molecule is Cn1cccc1-c1cc(C(=O)N2CCC[C@]3(CCC[C@H]3O)C2)[nH]n1. The van der Waals surface area contributed by atoms with Crippen molar-refractivity contribution in [2.24, 2.45) is 12.5 Å². The second-order valence-corrected chi connectivity index (χ2v) is 7.27. The highest BCUT2D eigenvalue weighted by atomic mass is 16.3. The van der Waals surface area contributed by atoms with Gasteiger partial charge in [0.05, 0.1) is 11.8 Å². The van der Waals surface area contributed by atoms with Crippen LogP contribution >= 0.6 is 0 Å². The van der Waals surface area contributed by atoms with Crippen LogP contribution in [0, 0.1) is 5.41 Å². The lowest BCUT2D eigenvalue weighted by Crippen LogP contribution is -2.49. The third-order valence-corrected chi connectivity index (χ3v) is 5.77. The molecular formula is C18H24N4O2. The number of hydrogen-bond acceptors (Lipinski definition) is 3. The summed E-state index contributed by atoms with van der Waals surface area (Å²) in [6.07, 6.45) is 6.62. The summed E-state index contributed by atoms with van der Waals surface area (Å²) in [5, 5.41) is 17.6. The third kappa shape index (κ3) is 2.45. The van der Waals surface area contributed by atoms with Crippen LogP contribution < -0.4 is 0 Å². The van der Waals surface area contributed by atoms with Gasteiger partial charge in [-0.25, -0.2) is 0 Å². The van der Waals surface area contributed by atoms with Gasteiger partial charge in [0.15, 0.2) is 0 Å². The number of hydrogen-bond donors (Lipinski definition) is 2. The van der Waals surface area contributed by atoms with Crippen molar-refractivity contribution in [3.8, 4) is 11.4 Å². The van der Waals surface area contributed by atoms with Crippen molar-refractivity contribution in [3.05, 3.63) is 30.1 Å².